The normalized spacial score (nSPS) is 29.6. The number of fused-ring (bicyclic) bond motifs is 3. The van der Waals surface area contributed by atoms with Crippen LogP contribution in [0, 0.1) is 11.7 Å². The van der Waals surface area contributed by atoms with Gasteiger partial charge in [-0.15, -0.1) is 0 Å². The van der Waals surface area contributed by atoms with Gasteiger partial charge in [-0.05, 0) is 66.0 Å². The molecule has 0 aromatic heterocycles. The lowest BCUT2D eigenvalue weighted by molar-refractivity contribution is 0.0827. The van der Waals surface area contributed by atoms with Crippen LogP contribution in [0.15, 0.2) is 27.6 Å². The summed E-state index contributed by atoms with van der Waals surface area (Å²) in [5.41, 5.74) is 0. The van der Waals surface area contributed by atoms with Crippen molar-refractivity contribution in [2.45, 2.75) is 23.8 Å². The van der Waals surface area contributed by atoms with E-state index in [1.165, 1.54) is 12.1 Å². The molecule has 7 heteroatoms. The standard InChI is InChI=1S/C13H16BrFN2O2S/c14-11-2-1-10(7-12(11)15)20(18,19)16-13-8-17-5-3-9(13)4-6-17/h1-2,7,9,13,16H,3-6,8H2. The minimum absolute atomic E-state index is 0.0188. The van der Waals surface area contributed by atoms with Crippen molar-refractivity contribution in [1.29, 1.82) is 0 Å². The Morgan fingerprint density at radius 3 is 2.55 bits per heavy atom. The molecular weight excluding hydrogens is 347 g/mol. The van der Waals surface area contributed by atoms with Gasteiger partial charge < -0.3 is 4.90 Å². The van der Waals surface area contributed by atoms with Crippen LogP contribution < -0.4 is 4.72 Å². The highest BCUT2D eigenvalue weighted by Gasteiger charge is 2.36. The van der Waals surface area contributed by atoms with Crippen LogP contribution in [0.5, 0.6) is 0 Å². The van der Waals surface area contributed by atoms with Crippen molar-refractivity contribution < 1.29 is 12.8 Å². The van der Waals surface area contributed by atoms with E-state index in [1.54, 1.807) is 0 Å². The van der Waals surface area contributed by atoms with Crippen LogP contribution in [0.25, 0.3) is 0 Å². The number of hydrogen-bond donors (Lipinski definition) is 1. The Morgan fingerprint density at radius 2 is 2.00 bits per heavy atom. The first-order valence-corrected chi connectivity index (χ1v) is 8.93. The molecule has 3 heterocycles. The van der Waals surface area contributed by atoms with Gasteiger partial charge in [0.15, 0.2) is 0 Å². The van der Waals surface area contributed by atoms with Gasteiger partial charge in [-0.3, -0.25) is 0 Å². The van der Waals surface area contributed by atoms with Gasteiger partial charge in [-0.25, -0.2) is 17.5 Å². The van der Waals surface area contributed by atoms with Gasteiger partial charge in [0.05, 0.1) is 9.37 Å². The molecule has 0 amide bonds. The number of rotatable bonds is 3. The number of piperidine rings is 3. The zero-order valence-corrected chi connectivity index (χ0v) is 13.3. The van der Waals surface area contributed by atoms with E-state index in [2.05, 4.69) is 25.6 Å². The van der Waals surface area contributed by atoms with Crippen molar-refractivity contribution in [3.8, 4) is 0 Å². The second-order valence-corrected chi connectivity index (χ2v) is 8.01. The Hall–Kier alpha value is -0.500. The zero-order chi connectivity index (χ0) is 14.3. The van der Waals surface area contributed by atoms with Crippen LogP contribution in [0.3, 0.4) is 0 Å². The summed E-state index contributed by atoms with van der Waals surface area (Å²) in [7, 11) is -3.66. The van der Waals surface area contributed by atoms with Crippen molar-refractivity contribution in [3.63, 3.8) is 0 Å². The predicted octanol–water partition coefficient (Wildman–Crippen LogP) is 1.96. The van der Waals surface area contributed by atoms with E-state index in [0.29, 0.717) is 5.92 Å². The maximum absolute atomic E-state index is 13.5. The molecule has 1 N–H and O–H groups in total. The quantitative estimate of drug-likeness (QED) is 0.893. The Bertz CT molecular complexity index is 615. The van der Waals surface area contributed by atoms with E-state index in [-0.39, 0.29) is 15.4 Å². The monoisotopic (exact) mass is 362 g/mol. The second-order valence-electron chi connectivity index (χ2n) is 5.44. The van der Waals surface area contributed by atoms with Crippen LogP contribution in [0.4, 0.5) is 4.39 Å². The van der Waals surface area contributed by atoms with Crippen LogP contribution in [-0.4, -0.2) is 39.0 Å². The maximum Gasteiger partial charge on any atom is 0.240 e. The number of sulfonamides is 1. The minimum atomic E-state index is -3.66. The molecule has 0 saturated carbocycles. The molecule has 3 aliphatic heterocycles. The van der Waals surface area contributed by atoms with Crippen LogP contribution in [0.1, 0.15) is 12.8 Å². The van der Waals surface area contributed by atoms with Gasteiger partial charge in [0.1, 0.15) is 5.82 Å². The SMILES string of the molecule is O=S(=O)(NC1CN2CCC1CC2)c1ccc(Br)c(F)c1. The summed E-state index contributed by atoms with van der Waals surface area (Å²) in [5, 5.41) is 0. The van der Waals surface area contributed by atoms with E-state index in [9.17, 15) is 12.8 Å². The average molecular weight is 363 g/mol. The smallest absolute Gasteiger partial charge is 0.240 e. The highest BCUT2D eigenvalue weighted by atomic mass is 79.9. The molecular formula is C13H16BrFN2O2S. The molecule has 3 aliphatic rings. The Balaban J connectivity index is 1.80. The number of hydrogen-bond acceptors (Lipinski definition) is 3. The van der Waals surface area contributed by atoms with Gasteiger partial charge in [0.2, 0.25) is 10.0 Å². The molecule has 4 rings (SSSR count). The van der Waals surface area contributed by atoms with Crippen LogP contribution >= 0.6 is 15.9 Å². The molecule has 1 atom stereocenters. The third kappa shape index (κ3) is 2.77. The van der Waals surface area contributed by atoms with E-state index in [4.69, 9.17) is 0 Å². The van der Waals surface area contributed by atoms with Crippen LogP contribution in [0.2, 0.25) is 0 Å². The fraction of sp³-hybridized carbons (Fsp3) is 0.538. The number of nitrogens with zero attached hydrogens (tertiary/aromatic N) is 1. The molecule has 3 fully saturated rings. The number of benzene rings is 1. The first kappa shape index (κ1) is 14.4. The molecule has 0 radical (unpaired) electrons. The molecule has 4 nitrogen and oxygen atoms in total. The molecule has 1 unspecified atom stereocenters. The van der Waals surface area contributed by atoms with Crippen molar-refractivity contribution in [3.05, 3.63) is 28.5 Å². The molecule has 0 spiro atoms. The van der Waals surface area contributed by atoms with Crippen molar-refractivity contribution in [1.82, 2.24) is 9.62 Å². The topological polar surface area (TPSA) is 49.4 Å². The van der Waals surface area contributed by atoms with E-state index in [1.807, 2.05) is 0 Å². The lowest BCUT2D eigenvalue weighted by Crippen LogP contribution is -2.57. The van der Waals surface area contributed by atoms with Crippen LogP contribution in [-0.2, 0) is 10.0 Å². The second kappa shape index (κ2) is 5.36. The maximum atomic E-state index is 13.5. The summed E-state index contributed by atoms with van der Waals surface area (Å²) in [6.45, 7) is 2.86. The minimum Gasteiger partial charge on any atom is -0.302 e. The lowest BCUT2D eigenvalue weighted by atomic mass is 9.85. The summed E-state index contributed by atoms with van der Waals surface area (Å²) >= 11 is 3.02. The summed E-state index contributed by atoms with van der Waals surface area (Å²) in [6.07, 6.45) is 2.06. The Morgan fingerprint density at radius 1 is 1.30 bits per heavy atom. The molecule has 1 aromatic carbocycles. The molecule has 2 bridgehead atoms. The largest absolute Gasteiger partial charge is 0.302 e. The lowest BCUT2D eigenvalue weighted by Gasteiger charge is -2.44. The summed E-state index contributed by atoms with van der Waals surface area (Å²) in [4.78, 5) is 2.25. The third-order valence-electron chi connectivity index (χ3n) is 4.16. The fourth-order valence-electron chi connectivity index (χ4n) is 3.01. The average Bonchev–Trinajstić information content (AvgIpc) is 2.42. The van der Waals surface area contributed by atoms with Gasteiger partial charge in [0, 0.05) is 12.6 Å². The predicted molar refractivity (Wildman–Crippen MR) is 77.4 cm³/mol. The van der Waals surface area contributed by atoms with E-state index < -0.39 is 15.8 Å². The highest BCUT2D eigenvalue weighted by molar-refractivity contribution is 9.10. The number of halogens is 2. The number of nitrogens with one attached hydrogen (secondary N) is 1. The van der Waals surface area contributed by atoms with E-state index in [0.717, 1.165) is 38.5 Å². The van der Waals surface area contributed by atoms with Gasteiger partial charge in [0.25, 0.3) is 0 Å². The highest BCUT2D eigenvalue weighted by Crippen LogP contribution is 2.29. The van der Waals surface area contributed by atoms with Gasteiger partial charge in [-0.1, -0.05) is 0 Å². The zero-order valence-electron chi connectivity index (χ0n) is 10.9. The van der Waals surface area contributed by atoms with Gasteiger partial charge >= 0.3 is 0 Å². The fourth-order valence-corrected chi connectivity index (χ4v) is 4.56. The van der Waals surface area contributed by atoms with Crippen molar-refractivity contribution >= 4 is 26.0 Å². The first-order chi connectivity index (χ1) is 9.45. The molecule has 110 valence electrons. The third-order valence-corrected chi connectivity index (χ3v) is 6.29. The Labute approximate surface area is 126 Å². The first-order valence-electron chi connectivity index (χ1n) is 6.65. The summed E-state index contributed by atoms with van der Waals surface area (Å²) in [6, 6.07) is 3.82. The summed E-state index contributed by atoms with van der Waals surface area (Å²) < 4.78 is 41.1. The molecule has 20 heavy (non-hydrogen) atoms. The molecule has 0 aliphatic carbocycles. The van der Waals surface area contributed by atoms with Gasteiger partial charge in [-0.2, -0.15) is 0 Å². The summed E-state index contributed by atoms with van der Waals surface area (Å²) in [5.74, 6) is -0.170. The Kier molecular flexibility index (Phi) is 3.87. The molecule has 3 saturated heterocycles. The molecule has 1 aromatic rings. The van der Waals surface area contributed by atoms with Crippen molar-refractivity contribution in [2.24, 2.45) is 5.92 Å². The van der Waals surface area contributed by atoms with Crippen molar-refractivity contribution in [2.75, 3.05) is 19.6 Å². The van der Waals surface area contributed by atoms with E-state index >= 15 is 0 Å².